The van der Waals surface area contributed by atoms with Crippen LogP contribution in [0.5, 0.6) is 5.75 Å². The van der Waals surface area contributed by atoms with Gasteiger partial charge in [0.1, 0.15) is 5.75 Å². The second-order valence-electron chi connectivity index (χ2n) is 5.31. The van der Waals surface area contributed by atoms with E-state index < -0.39 is 0 Å². The quantitative estimate of drug-likeness (QED) is 0.716. The Hall–Kier alpha value is -0.530. The summed E-state index contributed by atoms with van der Waals surface area (Å²) in [7, 11) is 1.54. The maximum absolute atomic E-state index is 12.3. The molecule has 1 amide bonds. The molecule has 2 atom stereocenters. The lowest BCUT2D eigenvalue weighted by atomic mass is 9.97. The minimum atomic E-state index is -0.186. The normalized spacial score (nSPS) is 21.3. The number of hydrogen-bond donors (Lipinski definition) is 2. The van der Waals surface area contributed by atoms with Gasteiger partial charge in [0.15, 0.2) is 0 Å². The van der Waals surface area contributed by atoms with Gasteiger partial charge in [0, 0.05) is 16.7 Å². The Kier molecular flexibility index (Phi) is 6.13. The summed E-state index contributed by atoms with van der Waals surface area (Å²) < 4.78 is 6.10. The fourth-order valence-corrected chi connectivity index (χ4v) is 3.42. The van der Waals surface area contributed by atoms with Crippen LogP contribution in [-0.4, -0.2) is 31.3 Å². The molecule has 0 spiro atoms. The first-order chi connectivity index (χ1) is 10.1. The summed E-state index contributed by atoms with van der Waals surface area (Å²) in [6.07, 6.45) is 3.20. The molecule has 1 aromatic carbocycles. The molecule has 0 bridgehead atoms. The second kappa shape index (κ2) is 7.65. The number of rotatable bonds is 5. The molecule has 1 aromatic rings. The van der Waals surface area contributed by atoms with Gasteiger partial charge in [0.25, 0.3) is 5.91 Å². The summed E-state index contributed by atoms with van der Waals surface area (Å²) in [5.74, 6) is 0.983. The Morgan fingerprint density at radius 3 is 2.86 bits per heavy atom. The number of carbonyl (C=O) groups is 1. The lowest BCUT2D eigenvalue weighted by molar-refractivity contribution is 0.0934. The van der Waals surface area contributed by atoms with Gasteiger partial charge < -0.3 is 15.2 Å². The predicted octanol–water partition coefficient (Wildman–Crippen LogP) is 3.09. The van der Waals surface area contributed by atoms with Gasteiger partial charge in [-0.25, -0.2) is 0 Å². The van der Waals surface area contributed by atoms with Crippen LogP contribution in [0.3, 0.4) is 0 Å². The molecule has 0 saturated heterocycles. The Morgan fingerprint density at radius 1 is 1.48 bits per heavy atom. The highest BCUT2D eigenvalue weighted by molar-refractivity contribution is 14.1. The van der Waals surface area contributed by atoms with Crippen LogP contribution in [0.15, 0.2) is 12.1 Å². The van der Waals surface area contributed by atoms with Crippen LogP contribution >= 0.6 is 34.2 Å². The summed E-state index contributed by atoms with van der Waals surface area (Å²) in [5.41, 5.74) is 0.446. The number of benzene rings is 1. The molecule has 1 saturated carbocycles. The molecule has 2 rings (SSSR count). The molecular formula is C15H19ClINO3. The molecule has 0 radical (unpaired) electrons. The van der Waals surface area contributed by atoms with Crippen LogP contribution in [-0.2, 0) is 0 Å². The highest BCUT2D eigenvalue weighted by atomic mass is 127. The summed E-state index contributed by atoms with van der Waals surface area (Å²) in [5, 5.41) is 12.8. The van der Waals surface area contributed by atoms with Crippen LogP contribution in [0.1, 0.15) is 29.6 Å². The van der Waals surface area contributed by atoms with Gasteiger partial charge in [-0.1, -0.05) is 18.0 Å². The number of aliphatic hydroxyl groups is 1. The Bertz CT molecular complexity index is 524. The first-order valence-electron chi connectivity index (χ1n) is 6.99. The summed E-state index contributed by atoms with van der Waals surface area (Å²) in [6.45, 7) is 0.774. The number of nitrogens with one attached hydrogen (secondary N) is 1. The first kappa shape index (κ1) is 16.8. The zero-order chi connectivity index (χ0) is 15.4. The van der Waals surface area contributed by atoms with E-state index in [2.05, 4.69) is 27.9 Å². The molecule has 4 nitrogen and oxygen atoms in total. The second-order valence-corrected chi connectivity index (χ2v) is 6.88. The molecule has 21 heavy (non-hydrogen) atoms. The average molecular weight is 424 g/mol. The lowest BCUT2D eigenvalue weighted by Gasteiger charge is -2.18. The van der Waals surface area contributed by atoms with Crippen LogP contribution in [0.2, 0.25) is 5.02 Å². The average Bonchev–Trinajstić information content (AvgIpc) is 2.94. The van der Waals surface area contributed by atoms with Crippen molar-refractivity contribution >= 4 is 40.1 Å². The van der Waals surface area contributed by atoms with Crippen LogP contribution < -0.4 is 10.1 Å². The fourth-order valence-electron chi connectivity index (χ4n) is 2.82. The molecule has 0 heterocycles. The number of ether oxygens (including phenoxy) is 1. The van der Waals surface area contributed by atoms with Gasteiger partial charge in [0.2, 0.25) is 0 Å². The van der Waals surface area contributed by atoms with Crippen molar-refractivity contribution in [1.29, 1.82) is 0 Å². The van der Waals surface area contributed by atoms with Crippen LogP contribution in [0, 0.1) is 15.4 Å². The SMILES string of the molecule is COc1cc(I)c(Cl)cc1C(=O)NCC1CCCC1CO. The molecule has 0 aromatic heterocycles. The topological polar surface area (TPSA) is 58.6 Å². The van der Waals surface area contributed by atoms with E-state index in [0.29, 0.717) is 34.7 Å². The smallest absolute Gasteiger partial charge is 0.255 e. The minimum absolute atomic E-state index is 0.186. The molecule has 116 valence electrons. The van der Waals surface area contributed by atoms with E-state index in [4.69, 9.17) is 16.3 Å². The van der Waals surface area contributed by atoms with Gasteiger partial charge in [-0.05, 0) is 59.4 Å². The zero-order valence-electron chi connectivity index (χ0n) is 11.9. The molecule has 0 aliphatic heterocycles. The molecule has 2 unspecified atom stereocenters. The standard InChI is InChI=1S/C15H19ClINO3/c1-21-14-6-13(17)12(16)5-11(14)15(20)18-7-9-3-2-4-10(9)8-19/h5-6,9-10,19H,2-4,7-8H2,1H3,(H,18,20). The van der Waals surface area contributed by atoms with Gasteiger partial charge in [-0.3, -0.25) is 4.79 Å². The van der Waals surface area contributed by atoms with Crippen molar-refractivity contribution in [3.63, 3.8) is 0 Å². The Labute approximate surface area is 143 Å². The third-order valence-corrected chi connectivity index (χ3v) is 5.59. The van der Waals surface area contributed by atoms with E-state index >= 15 is 0 Å². The number of amides is 1. The maximum Gasteiger partial charge on any atom is 0.255 e. The highest BCUT2D eigenvalue weighted by Crippen LogP contribution is 2.31. The van der Waals surface area contributed by atoms with Crippen LogP contribution in [0.4, 0.5) is 0 Å². The number of halogens is 2. The molecule has 6 heteroatoms. The van der Waals surface area contributed by atoms with Gasteiger partial charge in [-0.15, -0.1) is 0 Å². The van der Waals surface area contributed by atoms with E-state index in [-0.39, 0.29) is 12.5 Å². The van der Waals surface area contributed by atoms with Gasteiger partial charge >= 0.3 is 0 Å². The summed E-state index contributed by atoms with van der Waals surface area (Å²) >= 11 is 8.19. The Morgan fingerprint density at radius 2 is 2.19 bits per heavy atom. The van der Waals surface area contributed by atoms with Crippen molar-refractivity contribution in [3.8, 4) is 5.75 Å². The van der Waals surface area contributed by atoms with E-state index in [0.717, 1.165) is 22.8 Å². The number of aliphatic hydroxyl groups excluding tert-OH is 1. The van der Waals surface area contributed by atoms with E-state index in [1.807, 2.05) is 0 Å². The highest BCUT2D eigenvalue weighted by Gasteiger charge is 2.27. The maximum atomic E-state index is 12.3. The summed E-state index contributed by atoms with van der Waals surface area (Å²) in [4.78, 5) is 12.3. The lowest BCUT2D eigenvalue weighted by Crippen LogP contribution is -2.32. The largest absolute Gasteiger partial charge is 0.496 e. The molecule has 2 N–H and O–H groups in total. The van der Waals surface area contributed by atoms with Crippen molar-refractivity contribution < 1.29 is 14.6 Å². The molecule has 1 aliphatic rings. The first-order valence-corrected chi connectivity index (χ1v) is 8.44. The third kappa shape index (κ3) is 4.02. The summed E-state index contributed by atoms with van der Waals surface area (Å²) in [6, 6.07) is 3.39. The van der Waals surface area contributed by atoms with E-state index in [9.17, 15) is 9.90 Å². The molecule has 1 aliphatic carbocycles. The molecular weight excluding hydrogens is 405 g/mol. The van der Waals surface area contributed by atoms with E-state index in [1.54, 1.807) is 12.1 Å². The van der Waals surface area contributed by atoms with Gasteiger partial charge in [-0.2, -0.15) is 0 Å². The number of methoxy groups -OCH3 is 1. The van der Waals surface area contributed by atoms with Crippen molar-refractivity contribution in [2.75, 3.05) is 20.3 Å². The van der Waals surface area contributed by atoms with Crippen LogP contribution in [0.25, 0.3) is 0 Å². The van der Waals surface area contributed by atoms with Crippen molar-refractivity contribution in [3.05, 3.63) is 26.3 Å². The van der Waals surface area contributed by atoms with Gasteiger partial charge in [0.05, 0.1) is 17.7 Å². The molecule has 1 fully saturated rings. The van der Waals surface area contributed by atoms with Crippen molar-refractivity contribution in [2.45, 2.75) is 19.3 Å². The van der Waals surface area contributed by atoms with Crippen molar-refractivity contribution in [1.82, 2.24) is 5.32 Å². The number of hydrogen-bond acceptors (Lipinski definition) is 3. The van der Waals surface area contributed by atoms with Crippen molar-refractivity contribution in [2.24, 2.45) is 11.8 Å². The third-order valence-electron chi connectivity index (χ3n) is 4.06. The monoisotopic (exact) mass is 423 g/mol. The minimum Gasteiger partial charge on any atom is -0.496 e. The Balaban J connectivity index is 2.05. The predicted molar refractivity (Wildman–Crippen MR) is 91.0 cm³/mol. The number of carbonyl (C=O) groups excluding carboxylic acids is 1. The van der Waals surface area contributed by atoms with E-state index in [1.165, 1.54) is 7.11 Å². The fraction of sp³-hybridized carbons (Fsp3) is 0.533. The zero-order valence-corrected chi connectivity index (χ0v) is 14.8.